The van der Waals surface area contributed by atoms with Crippen LogP contribution in [0, 0.1) is 11.7 Å². The van der Waals surface area contributed by atoms with Crippen molar-refractivity contribution in [3.05, 3.63) is 41.2 Å². The van der Waals surface area contributed by atoms with E-state index in [1.165, 1.54) is 25.7 Å². The number of hydrogen-bond acceptors (Lipinski definition) is 4. The number of ether oxygens (including phenoxy) is 1. The molecule has 0 spiro atoms. The van der Waals surface area contributed by atoms with Crippen molar-refractivity contribution in [2.24, 2.45) is 10.9 Å². The van der Waals surface area contributed by atoms with Crippen molar-refractivity contribution in [2.45, 2.75) is 71.5 Å². The van der Waals surface area contributed by atoms with Crippen LogP contribution in [0.4, 0.5) is 4.39 Å². The molecule has 31 heavy (non-hydrogen) atoms. The van der Waals surface area contributed by atoms with Crippen LogP contribution in [0.5, 0.6) is 5.75 Å². The maximum atomic E-state index is 14.5. The van der Waals surface area contributed by atoms with E-state index in [1.807, 2.05) is 19.9 Å². The highest BCUT2D eigenvalue weighted by Crippen LogP contribution is 2.30. The van der Waals surface area contributed by atoms with Crippen molar-refractivity contribution in [3.63, 3.8) is 0 Å². The third-order valence-electron chi connectivity index (χ3n) is 5.89. The summed E-state index contributed by atoms with van der Waals surface area (Å²) in [5, 5.41) is 15.3. The molecule has 0 saturated heterocycles. The van der Waals surface area contributed by atoms with Gasteiger partial charge in [0.25, 0.3) is 0 Å². The van der Waals surface area contributed by atoms with E-state index in [0.29, 0.717) is 30.8 Å². The molecule has 2 aliphatic rings. The van der Waals surface area contributed by atoms with Crippen LogP contribution in [-0.2, 0) is 19.5 Å². The Bertz CT molecular complexity index is 907. The molecule has 0 radical (unpaired) electrons. The molecule has 2 N–H and O–H groups in total. The summed E-state index contributed by atoms with van der Waals surface area (Å²) < 4.78 is 22.3. The smallest absolute Gasteiger partial charge is 0.192 e. The van der Waals surface area contributed by atoms with Gasteiger partial charge in [-0.25, -0.2) is 9.38 Å². The highest BCUT2D eigenvalue weighted by atomic mass is 19.1. The Morgan fingerprint density at radius 3 is 2.94 bits per heavy atom. The van der Waals surface area contributed by atoms with Gasteiger partial charge in [-0.1, -0.05) is 12.5 Å². The number of nitrogens with one attached hydrogen (secondary N) is 2. The quantitative estimate of drug-likeness (QED) is 0.495. The van der Waals surface area contributed by atoms with E-state index in [4.69, 9.17) is 9.73 Å². The van der Waals surface area contributed by atoms with Crippen molar-refractivity contribution in [3.8, 4) is 5.75 Å². The van der Waals surface area contributed by atoms with Crippen molar-refractivity contribution >= 4 is 5.96 Å². The van der Waals surface area contributed by atoms with Crippen molar-refractivity contribution in [1.82, 2.24) is 25.4 Å². The summed E-state index contributed by atoms with van der Waals surface area (Å²) in [6.07, 6.45) is 6.91. The summed E-state index contributed by atoms with van der Waals surface area (Å²) >= 11 is 0. The number of halogens is 1. The van der Waals surface area contributed by atoms with Crippen molar-refractivity contribution < 1.29 is 9.13 Å². The van der Waals surface area contributed by atoms with E-state index in [9.17, 15) is 4.39 Å². The Balaban J connectivity index is 1.40. The summed E-state index contributed by atoms with van der Waals surface area (Å²) in [5.41, 5.74) is 0.846. The normalized spacial score (nSPS) is 17.6. The number of rotatable bonds is 8. The minimum atomic E-state index is -0.320. The standard InChI is InChI=1S/C23H33FN6O/c1-3-25-23(26-14-22-29-28-21-7-5-4-6-12-30(21)22)27-16(2)18-10-11-20(19(24)13-18)31-15-17-8-9-17/h10-11,13,16-17H,3-9,12,14-15H2,1-2H3,(H2,25,26,27). The summed E-state index contributed by atoms with van der Waals surface area (Å²) in [6, 6.07) is 5.06. The third kappa shape index (κ3) is 5.74. The summed E-state index contributed by atoms with van der Waals surface area (Å²) in [4.78, 5) is 4.71. The lowest BCUT2D eigenvalue weighted by Gasteiger charge is -2.19. The fraction of sp³-hybridized carbons (Fsp3) is 0.609. The first-order valence-electron chi connectivity index (χ1n) is 11.5. The van der Waals surface area contributed by atoms with Gasteiger partial charge in [0, 0.05) is 19.5 Å². The zero-order valence-corrected chi connectivity index (χ0v) is 18.5. The van der Waals surface area contributed by atoms with Gasteiger partial charge in [0.2, 0.25) is 0 Å². The van der Waals surface area contributed by atoms with Gasteiger partial charge in [-0.2, -0.15) is 0 Å². The molecule has 1 aromatic heterocycles. The summed E-state index contributed by atoms with van der Waals surface area (Å²) in [5.74, 6) is 3.24. The van der Waals surface area contributed by atoms with Gasteiger partial charge in [-0.15, -0.1) is 10.2 Å². The van der Waals surface area contributed by atoms with Crippen LogP contribution in [0.25, 0.3) is 0 Å². The van der Waals surface area contributed by atoms with Crippen LogP contribution in [0.2, 0.25) is 0 Å². The summed E-state index contributed by atoms with van der Waals surface area (Å²) in [6.45, 7) is 6.78. The Morgan fingerprint density at radius 2 is 2.16 bits per heavy atom. The Hall–Kier alpha value is -2.64. The second-order valence-electron chi connectivity index (χ2n) is 8.50. The molecule has 1 atom stereocenters. The molecule has 1 aliphatic carbocycles. The molecular weight excluding hydrogens is 395 g/mol. The molecule has 1 saturated carbocycles. The lowest BCUT2D eigenvalue weighted by molar-refractivity contribution is 0.285. The van der Waals surface area contributed by atoms with Gasteiger partial charge >= 0.3 is 0 Å². The zero-order valence-electron chi connectivity index (χ0n) is 18.5. The van der Waals surface area contributed by atoms with Gasteiger partial charge in [0.05, 0.1) is 12.6 Å². The molecule has 0 amide bonds. The van der Waals surface area contributed by atoms with Crippen LogP contribution in [0.3, 0.4) is 0 Å². The number of benzene rings is 1. The van der Waals surface area contributed by atoms with Crippen LogP contribution in [-0.4, -0.2) is 33.9 Å². The van der Waals surface area contributed by atoms with Crippen LogP contribution in [0.15, 0.2) is 23.2 Å². The maximum Gasteiger partial charge on any atom is 0.192 e. The SMILES string of the molecule is CCNC(=NCc1nnc2n1CCCCC2)NC(C)c1ccc(OCC2CC2)c(F)c1. The van der Waals surface area contributed by atoms with Gasteiger partial charge in [0.15, 0.2) is 23.4 Å². The molecule has 168 valence electrons. The monoisotopic (exact) mass is 428 g/mol. The van der Waals surface area contributed by atoms with Gasteiger partial charge < -0.3 is 19.9 Å². The first-order valence-corrected chi connectivity index (χ1v) is 11.5. The average Bonchev–Trinajstić information content (AvgIpc) is 3.55. The average molecular weight is 429 g/mol. The molecule has 2 heterocycles. The maximum absolute atomic E-state index is 14.5. The van der Waals surface area contributed by atoms with Crippen LogP contribution >= 0.6 is 0 Å². The van der Waals surface area contributed by atoms with Gasteiger partial charge in [-0.3, -0.25) is 0 Å². The number of aromatic nitrogens is 3. The number of hydrogen-bond donors (Lipinski definition) is 2. The molecule has 4 rings (SSSR count). The van der Waals surface area contributed by atoms with E-state index >= 15 is 0 Å². The minimum absolute atomic E-state index is 0.111. The number of aryl methyl sites for hydroxylation is 1. The Kier molecular flexibility index (Phi) is 7.04. The fourth-order valence-electron chi connectivity index (χ4n) is 3.82. The highest BCUT2D eigenvalue weighted by molar-refractivity contribution is 5.80. The van der Waals surface area contributed by atoms with Gasteiger partial charge in [-0.05, 0) is 63.1 Å². The van der Waals surface area contributed by atoms with E-state index < -0.39 is 0 Å². The molecule has 7 nitrogen and oxygen atoms in total. The Morgan fingerprint density at radius 1 is 1.29 bits per heavy atom. The van der Waals surface area contributed by atoms with E-state index in [0.717, 1.165) is 43.1 Å². The van der Waals surface area contributed by atoms with Gasteiger partial charge in [0.1, 0.15) is 12.4 Å². The van der Waals surface area contributed by atoms with Crippen LogP contribution in [0.1, 0.15) is 69.2 Å². The number of aliphatic imine (C=N–C) groups is 1. The predicted octanol–water partition coefficient (Wildman–Crippen LogP) is 3.75. The summed E-state index contributed by atoms with van der Waals surface area (Å²) in [7, 11) is 0. The molecule has 0 bridgehead atoms. The van der Waals surface area contributed by atoms with Crippen LogP contribution < -0.4 is 15.4 Å². The lowest BCUT2D eigenvalue weighted by Crippen LogP contribution is -2.38. The fourth-order valence-corrected chi connectivity index (χ4v) is 3.82. The molecule has 1 aromatic carbocycles. The van der Waals surface area contributed by atoms with E-state index in [2.05, 4.69) is 25.4 Å². The molecule has 1 fully saturated rings. The number of guanidine groups is 1. The Labute approximate surface area is 183 Å². The lowest BCUT2D eigenvalue weighted by atomic mass is 10.1. The predicted molar refractivity (Wildman–Crippen MR) is 119 cm³/mol. The molecule has 1 unspecified atom stereocenters. The minimum Gasteiger partial charge on any atom is -0.490 e. The first kappa shape index (κ1) is 21.6. The second kappa shape index (κ2) is 10.1. The van der Waals surface area contributed by atoms with Crippen molar-refractivity contribution in [1.29, 1.82) is 0 Å². The second-order valence-corrected chi connectivity index (χ2v) is 8.50. The zero-order chi connectivity index (χ0) is 21.6. The first-order chi connectivity index (χ1) is 15.1. The van der Waals surface area contributed by atoms with E-state index in [1.54, 1.807) is 12.1 Å². The number of fused-ring (bicyclic) bond motifs is 1. The highest BCUT2D eigenvalue weighted by Gasteiger charge is 2.22. The number of nitrogens with zero attached hydrogens (tertiary/aromatic N) is 4. The molecule has 2 aromatic rings. The molecule has 1 aliphatic heterocycles. The molecule has 8 heteroatoms. The van der Waals surface area contributed by atoms with Crippen molar-refractivity contribution in [2.75, 3.05) is 13.2 Å². The topological polar surface area (TPSA) is 76.4 Å². The largest absolute Gasteiger partial charge is 0.490 e. The van der Waals surface area contributed by atoms with E-state index in [-0.39, 0.29) is 11.9 Å². The molecular formula is C23H33FN6O. The third-order valence-corrected chi connectivity index (χ3v) is 5.89.